The molecule has 0 spiro atoms. The number of likely N-dealkylation sites (tertiary alicyclic amines) is 1. The van der Waals surface area contributed by atoms with Crippen molar-refractivity contribution in [2.24, 2.45) is 0 Å². The predicted molar refractivity (Wildman–Crippen MR) is 94.1 cm³/mol. The average molecular weight is 342 g/mol. The van der Waals surface area contributed by atoms with Crippen LogP contribution in [0.15, 0.2) is 54.6 Å². The van der Waals surface area contributed by atoms with Gasteiger partial charge in [-0.2, -0.15) is 0 Å². The summed E-state index contributed by atoms with van der Waals surface area (Å²) in [5.74, 6) is -0.557. The number of nitrogens with zero attached hydrogens (tertiary/aromatic N) is 1. The van der Waals surface area contributed by atoms with Crippen molar-refractivity contribution in [3.63, 3.8) is 0 Å². The van der Waals surface area contributed by atoms with Crippen molar-refractivity contribution < 1.29 is 14.3 Å². The number of nitrogens with one attached hydrogen (secondary N) is 1. The summed E-state index contributed by atoms with van der Waals surface area (Å²) in [7, 11) is 0. The molecule has 0 radical (unpaired) electrons. The first-order valence-corrected chi connectivity index (χ1v) is 8.58. The summed E-state index contributed by atoms with van der Waals surface area (Å²) in [4.78, 5) is 14.4. The number of benzene rings is 2. The summed E-state index contributed by atoms with van der Waals surface area (Å²) < 4.78 is 13.0. The van der Waals surface area contributed by atoms with Crippen LogP contribution in [0.25, 0.3) is 0 Å². The maximum atomic E-state index is 13.0. The molecular weight excluding hydrogens is 319 g/mol. The molecule has 0 aromatic heterocycles. The van der Waals surface area contributed by atoms with Gasteiger partial charge in [0.15, 0.2) is 5.60 Å². The number of carbonyl (C=O) groups excluding carboxylic acids is 1. The minimum absolute atomic E-state index is 0.223. The van der Waals surface area contributed by atoms with E-state index in [1.807, 2.05) is 30.3 Å². The van der Waals surface area contributed by atoms with Gasteiger partial charge in [-0.3, -0.25) is 4.79 Å². The van der Waals surface area contributed by atoms with E-state index < -0.39 is 5.60 Å². The molecule has 4 nitrogen and oxygen atoms in total. The van der Waals surface area contributed by atoms with E-state index in [0.29, 0.717) is 26.1 Å². The van der Waals surface area contributed by atoms with Crippen LogP contribution in [0.1, 0.15) is 24.0 Å². The van der Waals surface area contributed by atoms with Crippen molar-refractivity contribution in [3.8, 4) is 0 Å². The van der Waals surface area contributed by atoms with Crippen LogP contribution in [-0.2, 0) is 17.9 Å². The monoisotopic (exact) mass is 342 g/mol. The van der Waals surface area contributed by atoms with Gasteiger partial charge in [0.25, 0.3) is 5.91 Å². The molecule has 1 aliphatic rings. The number of hydrogen-bond acceptors (Lipinski definition) is 3. The third-order valence-electron chi connectivity index (χ3n) is 4.58. The molecule has 2 aromatic rings. The largest absolute Gasteiger partial charge is 0.379 e. The second-order valence-electron chi connectivity index (χ2n) is 6.58. The average Bonchev–Trinajstić information content (AvgIpc) is 2.62. The Balaban J connectivity index is 1.59. The maximum Gasteiger partial charge on any atom is 0.256 e. The van der Waals surface area contributed by atoms with Gasteiger partial charge in [-0.15, -0.1) is 0 Å². The third-order valence-corrected chi connectivity index (χ3v) is 4.58. The highest BCUT2D eigenvalue weighted by Gasteiger charge is 2.41. The van der Waals surface area contributed by atoms with Crippen LogP contribution in [-0.4, -0.2) is 34.6 Å². The Labute approximate surface area is 147 Å². The molecule has 0 aliphatic carbocycles. The molecule has 2 aromatic carbocycles. The lowest BCUT2D eigenvalue weighted by Gasteiger charge is -2.38. The van der Waals surface area contributed by atoms with Crippen molar-refractivity contribution in [3.05, 3.63) is 71.5 Å². The van der Waals surface area contributed by atoms with Crippen LogP contribution < -0.4 is 5.32 Å². The molecule has 1 saturated heterocycles. The lowest BCUT2D eigenvalue weighted by molar-refractivity contribution is -0.157. The quantitative estimate of drug-likeness (QED) is 0.848. The van der Waals surface area contributed by atoms with E-state index in [0.717, 1.165) is 17.5 Å². The zero-order valence-electron chi connectivity index (χ0n) is 14.1. The number of aliphatic hydroxyl groups is 1. The SMILES string of the molecule is O=C1N(Cc2ccc(F)cc2)CCC[C@]1(O)CNCc1ccccc1. The second kappa shape index (κ2) is 7.76. The Morgan fingerprint density at radius 1 is 1.08 bits per heavy atom. The van der Waals surface area contributed by atoms with E-state index in [4.69, 9.17) is 0 Å². The molecule has 2 N–H and O–H groups in total. The molecule has 1 atom stereocenters. The van der Waals surface area contributed by atoms with Crippen molar-refractivity contribution in [1.29, 1.82) is 0 Å². The lowest BCUT2D eigenvalue weighted by Crippen LogP contribution is -2.57. The number of piperidine rings is 1. The highest BCUT2D eigenvalue weighted by Crippen LogP contribution is 2.24. The standard InChI is InChI=1S/C20H23FN2O2/c21-18-9-7-17(8-10-18)14-23-12-4-11-20(25,19(23)24)15-22-13-16-5-2-1-3-6-16/h1-3,5-10,22,25H,4,11-15H2/t20-/m0/s1. The normalized spacial score (nSPS) is 20.7. The molecule has 0 unspecified atom stereocenters. The fourth-order valence-corrected chi connectivity index (χ4v) is 3.20. The van der Waals surface area contributed by atoms with Crippen LogP contribution in [0, 0.1) is 5.82 Å². The van der Waals surface area contributed by atoms with E-state index in [1.165, 1.54) is 12.1 Å². The fraction of sp³-hybridized carbons (Fsp3) is 0.350. The maximum absolute atomic E-state index is 13.0. The first-order chi connectivity index (χ1) is 12.1. The van der Waals surface area contributed by atoms with Crippen molar-refractivity contribution >= 4 is 5.91 Å². The zero-order valence-corrected chi connectivity index (χ0v) is 14.1. The van der Waals surface area contributed by atoms with Crippen LogP contribution >= 0.6 is 0 Å². The number of rotatable bonds is 6. The molecule has 1 fully saturated rings. The summed E-state index contributed by atoms with van der Waals surface area (Å²) in [6.07, 6.45) is 1.20. The highest BCUT2D eigenvalue weighted by molar-refractivity contribution is 5.86. The Morgan fingerprint density at radius 2 is 1.80 bits per heavy atom. The molecule has 25 heavy (non-hydrogen) atoms. The fourth-order valence-electron chi connectivity index (χ4n) is 3.20. The van der Waals surface area contributed by atoms with Crippen molar-refractivity contribution in [2.45, 2.75) is 31.5 Å². The summed E-state index contributed by atoms with van der Waals surface area (Å²) in [6, 6.07) is 16.0. The molecular formula is C20H23FN2O2. The predicted octanol–water partition coefficient (Wildman–Crippen LogP) is 2.47. The van der Waals surface area contributed by atoms with E-state index >= 15 is 0 Å². The molecule has 1 amide bonds. The number of hydrogen-bond donors (Lipinski definition) is 2. The smallest absolute Gasteiger partial charge is 0.256 e. The number of amides is 1. The molecule has 3 rings (SSSR count). The first kappa shape index (κ1) is 17.6. The van der Waals surface area contributed by atoms with Gasteiger partial charge in [0.2, 0.25) is 0 Å². The molecule has 1 aliphatic heterocycles. The minimum Gasteiger partial charge on any atom is -0.379 e. The second-order valence-corrected chi connectivity index (χ2v) is 6.58. The Hall–Kier alpha value is -2.24. The van der Waals surface area contributed by atoms with Crippen LogP contribution in [0.5, 0.6) is 0 Å². The number of halogens is 1. The van der Waals surface area contributed by atoms with Crippen molar-refractivity contribution in [2.75, 3.05) is 13.1 Å². The van der Waals surface area contributed by atoms with Gasteiger partial charge in [-0.25, -0.2) is 4.39 Å². The summed E-state index contributed by atoms with van der Waals surface area (Å²) in [5, 5.41) is 14.0. The van der Waals surface area contributed by atoms with Gasteiger partial charge < -0.3 is 15.3 Å². The minimum atomic E-state index is -1.38. The summed E-state index contributed by atoms with van der Waals surface area (Å²) in [6.45, 7) is 1.83. The lowest BCUT2D eigenvalue weighted by atomic mass is 9.91. The molecule has 0 bridgehead atoms. The van der Waals surface area contributed by atoms with E-state index in [1.54, 1.807) is 17.0 Å². The Morgan fingerprint density at radius 3 is 2.52 bits per heavy atom. The highest BCUT2D eigenvalue weighted by atomic mass is 19.1. The van der Waals surface area contributed by atoms with E-state index in [9.17, 15) is 14.3 Å². The van der Waals surface area contributed by atoms with Crippen LogP contribution in [0.2, 0.25) is 0 Å². The van der Waals surface area contributed by atoms with Gasteiger partial charge in [0.1, 0.15) is 5.82 Å². The van der Waals surface area contributed by atoms with E-state index in [-0.39, 0.29) is 18.3 Å². The molecule has 1 heterocycles. The third kappa shape index (κ3) is 4.44. The number of carbonyl (C=O) groups is 1. The molecule has 132 valence electrons. The summed E-state index contributed by atoms with van der Waals surface area (Å²) in [5.41, 5.74) is 0.585. The van der Waals surface area contributed by atoms with Gasteiger partial charge in [-0.1, -0.05) is 42.5 Å². The first-order valence-electron chi connectivity index (χ1n) is 8.58. The van der Waals surface area contributed by atoms with Crippen LogP contribution in [0.4, 0.5) is 4.39 Å². The molecule has 5 heteroatoms. The van der Waals surface area contributed by atoms with Crippen molar-refractivity contribution in [1.82, 2.24) is 10.2 Å². The van der Waals surface area contributed by atoms with Gasteiger partial charge >= 0.3 is 0 Å². The van der Waals surface area contributed by atoms with E-state index in [2.05, 4.69) is 5.32 Å². The van der Waals surface area contributed by atoms with Crippen LogP contribution in [0.3, 0.4) is 0 Å². The van der Waals surface area contributed by atoms with Gasteiger partial charge in [0.05, 0.1) is 0 Å². The Bertz CT molecular complexity index is 705. The zero-order chi connectivity index (χ0) is 17.7. The Kier molecular flexibility index (Phi) is 5.46. The molecule has 0 saturated carbocycles. The van der Waals surface area contributed by atoms with Gasteiger partial charge in [-0.05, 0) is 36.1 Å². The summed E-state index contributed by atoms with van der Waals surface area (Å²) >= 11 is 0. The topological polar surface area (TPSA) is 52.6 Å². The van der Waals surface area contributed by atoms with Gasteiger partial charge in [0, 0.05) is 26.2 Å².